The molecule has 0 heterocycles. The van der Waals surface area contributed by atoms with Crippen LogP contribution in [0.2, 0.25) is 0 Å². The Labute approximate surface area is 99.1 Å². The molecule has 16 heavy (non-hydrogen) atoms. The van der Waals surface area contributed by atoms with Gasteiger partial charge in [-0.2, -0.15) is 0 Å². The molecule has 1 rings (SSSR count). The van der Waals surface area contributed by atoms with Gasteiger partial charge in [0.15, 0.2) is 0 Å². The van der Waals surface area contributed by atoms with Gasteiger partial charge < -0.3 is 4.74 Å². The monoisotopic (exact) mass is 224 g/mol. The van der Waals surface area contributed by atoms with Gasteiger partial charge in [0.1, 0.15) is 5.60 Å². The van der Waals surface area contributed by atoms with Crippen molar-refractivity contribution in [1.29, 1.82) is 0 Å². The number of ether oxygens (including phenoxy) is 1. The second kappa shape index (κ2) is 3.90. The van der Waals surface area contributed by atoms with E-state index >= 15 is 0 Å². The Kier molecular flexibility index (Phi) is 3.24. The van der Waals surface area contributed by atoms with Crippen molar-refractivity contribution >= 4 is 5.97 Å². The van der Waals surface area contributed by atoms with E-state index in [0.29, 0.717) is 11.8 Å². The average Bonchev–Trinajstić information content (AvgIpc) is 2.33. The summed E-state index contributed by atoms with van der Waals surface area (Å²) in [6, 6.07) is 0. The maximum absolute atomic E-state index is 11.3. The molecule has 0 spiro atoms. The van der Waals surface area contributed by atoms with E-state index in [9.17, 15) is 4.79 Å². The maximum Gasteiger partial charge on any atom is 0.303 e. The van der Waals surface area contributed by atoms with Crippen molar-refractivity contribution in [2.24, 2.45) is 23.2 Å². The molecule has 92 valence electrons. The van der Waals surface area contributed by atoms with Crippen LogP contribution in [0.15, 0.2) is 12.7 Å². The van der Waals surface area contributed by atoms with Crippen molar-refractivity contribution in [2.45, 2.75) is 47.1 Å². The summed E-state index contributed by atoms with van der Waals surface area (Å²) < 4.78 is 5.60. The molecular weight excluding hydrogens is 200 g/mol. The van der Waals surface area contributed by atoms with Crippen molar-refractivity contribution in [3.63, 3.8) is 0 Å². The number of carbonyl (C=O) groups is 1. The number of carbonyl (C=O) groups excluding carboxylic acids is 1. The van der Waals surface area contributed by atoms with Crippen molar-refractivity contribution in [1.82, 2.24) is 0 Å². The van der Waals surface area contributed by atoms with Crippen LogP contribution in [0.1, 0.15) is 41.5 Å². The van der Waals surface area contributed by atoms with E-state index in [2.05, 4.69) is 41.2 Å². The normalized spacial score (nSPS) is 47.8. The molecule has 0 aromatic heterocycles. The minimum absolute atomic E-state index is 0.0314. The molecule has 0 radical (unpaired) electrons. The predicted octanol–water partition coefficient (Wildman–Crippen LogP) is 3.42. The van der Waals surface area contributed by atoms with Crippen molar-refractivity contribution in [3.05, 3.63) is 12.7 Å². The molecule has 0 amide bonds. The van der Waals surface area contributed by atoms with Gasteiger partial charge in [0.2, 0.25) is 0 Å². The molecule has 2 nitrogen and oxygen atoms in total. The van der Waals surface area contributed by atoms with Gasteiger partial charge in [-0.25, -0.2) is 0 Å². The Hall–Kier alpha value is -0.790. The summed E-state index contributed by atoms with van der Waals surface area (Å²) in [7, 11) is 0. The smallest absolute Gasteiger partial charge is 0.303 e. The van der Waals surface area contributed by atoms with E-state index in [-0.39, 0.29) is 22.9 Å². The Bertz CT molecular complexity index is 310. The molecule has 0 saturated heterocycles. The summed E-state index contributed by atoms with van der Waals surface area (Å²) in [6.07, 6.45) is 2.02. The molecule has 1 aliphatic carbocycles. The lowest BCUT2D eigenvalue weighted by Crippen LogP contribution is -2.41. The first kappa shape index (κ1) is 13.3. The van der Waals surface area contributed by atoms with Gasteiger partial charge in [-0.05, 0) is 24.2 Å². The fraction of sp³-hybridized carbons (Fsp3) is 0.786. The molecule has 1 fully saturated rings. The highest BCUT2D eigenvalue weighted by molar-refractivity contribution is 5.66. The summed E-state index contributed by atoms with van der Waals surface area (Å²) in [6.45, 7) is 16.2. The molecular formula is C14H24O2. The Morgan fingerprint density at radius 2 is 1.75 bits per heavy atom. The number of rotatable bonds is 2. The van der Waals surface area contributed by atoms with Gasteiger partial charge in [-0.15, -0.1) is 6.58 Å². The van der Waals surface area contributed by atoms with Gasteiger partial charge in [-0.1, -0.05) is 33.8 Å². The minimum Gasteiger partial charge on any atom is -0.459 e. The number of hydrogen-bond donors (Lipinski definition) is 0. The molecule has 0 N–H and O–H groups in total. The first-order valence-corrected chi connectivity index (χ1v) is 6.03. The Morgan fingerprint density at radius 1 is 1.25 bits per heavy atom. The van der Waals surface area contributed by atoms with Crippen LogP contribution in [0.3, 0.4) is 0 Å². The molecule has 1 aliphatic rings. The van der Waals surface area contributed by atoms with Gasteiger partial charge in [-0.3, -0.25) is 4.79 Å². The summed E-state index contributed by atoms with van der Waals surface area (Å²) in [5.74, 6) is 0.895. The quantitative estimate of drug-likeness (QED) is 0.530. The molecule has 1 saturated carbocycles. The van der Waals surface area contributed by atoms with Crippen LogP contribution in [-0.4, -0.2) is 11.6 Å². The highest BCUT2D eigenvalue weighted by atomic mass is 16.6. The SMILES string of the molecule is C=C[C@]1(C)C(C)C(C)[C@](C)(OC(C)=O)[C@@H]1C. The molecule has 0 aromatic carbocycles. The van der Waals surface area contributed by atoms with Crippen LogP contribution in [0.25, 0.3) is 0 Å². The highest BCUT2D eigenvalue weighted by Crippen LogP contribution is 2.57. The lowest BCUT2D eigenvalue weighted by atomic mass is 9.73. The lowest BCUT2D eigenvalue weighted by molar-refractivity contribution is -0.164. The number of esters is 1. The third kappa shape index (κ3) is 1.59. The summed E-state index contributed by atoms with van der Waals surface area (Å²) in [5.41, 5.74) is -0.349. The van der Waals surface area contributed by atoms with Gasteiger partial charge >= 0.3 is 5.97 Å². The molecule has 5 atom stereocenters. The van der Waals surface area contributed by atoms with Gasteiger partial charge in [0.25, 0.3) is 0 Å². The number of allylic oxidation sites excluding steroid dienone is 1. The topological polar surface area (TPSA) is 26.3 Å². The summed E-state index contributed by atoms with van der Waals surface area (Å²) in [5, 5.41) is 0. The van der Waals surface area contributed by atoms with Crippen LogP contribution in [0.5, 0.6) is 0 Å². The third-order valence-corrected chi connectivity index (χ3v) is 5.23. The molecule has 0 bridgehead atoms. The molecule has 0 aromatic rings. The van der Waals surface area contributed by atoms with E-state index in [1.54, 1.807) is 0 Å². The van der Waals surface area contributed by atoms with Crippen LogP contribution in [0.4, 0.5) is 0 Å². The van der Waals surface area contributed by atoms with Crippen LogP contribution in [0, 0.1) is 23.2 Å². The Balaban J connectivity index is 3.15. The predicted molar refractivity (Wildman–Crippen MR) is 66.0 cm³/mol. The van der Waals surface area contributed by atoms with E-state index in [1.165, 1.54) is 6.92 Å². The van der Waals surface area contributed by atoms with E-state index < -0.39 is 0 Å². The van der Waals surface area contributed by atoms with Crippen molar-refractivity contribution in [2.75, 3.05) is 0 Å². The zero-order valence-corrected chi connectivity index (χ0v) is 11.3. The number of hydrogen-bond acceptors (Lipinski definition) is 2. The average molecular weight is 224 g/mol. The minimum atomic E-state index is -0.381. The molecule has 2 heteroatoms. The van der Waals surface area contributed by atoms with E-state index in [1.807, 2.05) is 6.08 Å². The van der Waals surface area contributed by atoms with Crippen LogP contribution in [-0.2, 0) is 9.53 Å². The third-order valence-electron chi connectivity index (χ3n) is 5.23. The zero-order valence-electron chi connectivity index (χ0n) is 11.3. The van der Waals surface area contributed by atoms with Gasteiger partial charge in [0, 0.05) is 12.8 Å². The maximum atomic E-state index is 11.3. The van der Waals surface area contributed by atoms with Crippen LogP contribution < -0.4 is 0 Å². The summed E-state index contributed by atoms with van der Waals surface area (Å²) >= 11 is 0. The second-order valence-electron chi connectivity index (χ2n) is 5.65. The molecule has 2 unspecified atom stereocenters. The Morgan fingerprint density at radius 3 is 2.06 bits per heavy atom. The summed E-state index contributed by atoms with van der Waals surface area (Å²) in [4.78, 5) is 11.3. The lowest BCUT2D eigenvalue weighted by Gasteiger charge is -2.36. The zero-order chi connectivity index (χ0) is 12.7. The van der Waals surface area contributed by atoms with E-state index in [4.69, 9.17) is 4.74 Å². The fourth-order valence-corrected chi connectivity index (χ4v) is 3.29. The van der Waals surface area contributed by atoms with Crippen molar-refractivity contribution < 1.29 is 9.53 Å². The second-order valence-corrected chi connectivity index (χ2v) is 5.65. The standard InChI is InChI=1S/C14H24O2/c1-8-13(6)9(2)10(3)14(7,11(13)4)16-12(5)15/h8-11H,1H2,2-7H3/t9?,10?,11-,13-,14+/m1/s1. The van der Waals surface area contributed by atoms with Gasteiger partial charge in [0.05, 0.1) is 0 Å². The van der Waals surface area contributed by atoms with Crippen molar-refractivity contribution in [3.8, 4) is 0 Å². The van der Waals surface area contributed by atoms with Crippen LogP contribution >= 0.6 is 0 Å². The fourth-order valence-electron chi connectivity index (χ4n) is 3.29. The molecule has 0 aliphatic heterocycles. The largest absolute Gasteiger partial charge is 0.459 e. The highest BCUT2D eigenvalue weighted by Gasteiger charge is 2.59. The van der Waals surface area contributed by atoms with E-state index in [0.717, 1.165) is 0 Å². The first-order chi connectivity index (χ1) is 7.20. The first-order valence-electron chi connectivity index (χ1n) is 6.03.